The summed E-state index contributed by atoms with van der Waals surface area (Å²) in [6.07, 6.45) is 4.47. The first-order valence-corrected chi connectivity index (χ1v) is 10.2. The summed E-state index contributed by atoms with van der Waals surface area (Å²) in [5.41, 5.74) is 3.30. The van der Waals surface area contributed by atoms with E-state index in [0.717, 1.165) is 24.3 Å². The highest BCUT2D eigenvalue weighted by molar-refractivity contribution is 7.09. The smallest absolute Gasteiger partial charge is 0.251 e. The highest BCUT2D eigenvalue weighted by atomic mass is 32.1. The topological polar surface area (TPSA) is 68.0 Å². The Morgan fingerprint density at radius 2 is 2.04 bits per heavy atom. The second kappa shape index (κ2) is 8.35. The van der Waals surface area contributed by atoms with Crippen LogP contribution < -0.4 is 5.32 Å². The Labute approximate surface area is 167 Å². The number of thiazole rings is 1. The molecule has 1 amide bonds. The molecule has 0 bridgehead atoms. The van der Waals surface area contributed by atoms with Gasteiger partial charge in [-0.1, -0.05) is 30.3 Å². The van der Waals surface area contributed by atoms with Crippen LogP contribution in [0.2, 0.25) is 0 Å². The molecule has 1 atom stereocenters. The van der Waals surface area contributed by atoms with Gasteiger partial charge in [0.2, 0.25) is 0 Å². The molecule has 28 heavy (non-hydrogen) atoms. The molecule has 6 heteroatoms. The molecule has 0 spiro atoms. The Morgan fingerprint density at radius 3 is 2.82 bits per heavy atom. The van der Waals surface area contributed by atoms with Gasteiger partial charge in [-0.2, -0.15) is 0 Å². The summed E-state index contributed by atoms with van der Waals surface area (Å²) >= 11 is 1.53. The molecule has 0 aliphatic rings. The highest BCUT2D eigenvalue weighted by Gasteiger charge is 2.15. The average Bonchev–Trinajstić information content (AvgIpc) is 3.38. The van der Waals surface area contributed by atoms with Crippen LogP contribution in [0.5, 0.6) is 0 Å². The fourth-order valence-corrected chi connectivity index (χ4v) is 3.75. The minimum absolute atomic E-state index is 0.131. The highest BCUT2D eigenvalue weighted by Crippen LogP contribution is 2.20. The molecule has 2 aromatic heterocycles. The maximum atomic E-state index is 12.5. The van der Waals surface area contributed by atoms with Crippen LogP contribution in [0.15, 0.2) is 64.5 Å². The van der Waals surface area contributed by atoms with Gasteiger partial charge in [0.1, 0.15) is 10.5 Å². The lowest BCUT2D eigenvalue weighted by Gasteiger charge is -2.10. The van der Waals surface area contributed by atoms with E-state index in [1.54, 1.807) is 18.3 Å². The van der Waals surface area contributed by atoms with E-state index in [4.69, 9.17) is 4.42 Å². The number of benzene rings is 2. The van der Waals surface area contributed by atoms with Crippen LogP contribution in [0.4, 0.5) is 0 Å². The van der Waals surface area contributed by atoms with Crippen LogP contribution in [0.25, 0.3) is 11.1 Å². The Hall–Kier alpha value is -2.99. The second-order valence-electron chi connectivity index (χ2n) is 6.69. The van der Waals surface area contributed by atoms with Crippen molar-refractivity contribution in [1.29, 1.82) is 0 Å². The Balaban J connectivity index is 1.40. The first-order chi connectivity index (χ1) is 13.7. The summed E-state index contributed by atoms with van der Waals surface area (Å²) in [5, 5.41) is 5.76. The van der Waals surface area contributed by atoms with Crippen LogP contribution in [-0.2, 0) is 12.8 Å². The molecule has 5 nitrogen and oxygen atoms in total. The molecule has 0 saturated heterocycles. The number of nitrogens with one attached hydrogen (secondary N) is 1. The van der Waals surface area contributed by atoms with E-state index in [0.29, 0.717) is 22.6 Å². The molecule has 0 aliphatic carbocycles. The van der Waals surface area contributed by atoms with E-state index in [9.17, 15) is 4.79 Å². The van der Waals surface area contributed by atoms with Crippen molar-refractivity contribution in [3.05, 3.63) is 82.1 Å². The third-order valence-electron chi connectivity index (χ3n) is 4.56. The SMILES string of the molecule is CC(NC(=O)c1ccc2oc(CCCc3ccccc3)nc2c1)c1nccs1. The van der Waals surface area contributed by atoms with Crippen molar-refractivity contribution in [2.45, 2.75) is 32.2 Å². The number of carbonyl (C=O) groups excluding carboxylic acids is 1. The zero-order valence-corrected chi connectivity index (χ0v) is 16.4. The van der Waals surface area contributed by atoms with E-state index in [-0.39, 0.29) is 11.9 Å². The standard InChI is InChI=1S/C22H21N3O2S/c1-15(22-23-12-13-28-22)24-21(26)17-10-11-19-18(14-17)25-20(27-19)9-5-8-16-6-3-2-4-7-16/h2-4,6-7,10-15H,5,8-9H2,1H3,(H,24,26). The van der Waals surface area contributed by atoms with E-state index in [1.165, 1.54) is 16.9 Å². The quantitative estimate of drug-likeness (QED) is 0.484. The minimum Gasteiger partial charge on any atom is -0.441 e. The molecule has 1 unspecified atom stereocenters. The molecule has 4 rings (SSSR count). The second-order valence-corrected chi connectivity index (χ2v) is 7.62. The third-order valence-corrected chi connectivity index (χ3v) is 5.52. The molecule has 2 heterocycles. The zero-order valence-electron chi connectivity index (χ0n) is 15.6. The summed E-state index contributed by atoms with van der Waals surface area (Å²) in [6.45, 7) is 1.93. The van der Waals surface area contributed by atoms with E-state index in [2.05, 4.69) is 39.6 Å². The number of rotatable bonds is 7. The molecule has 2 aromatic carbocycles. The van der Waals surface area contributed by atoms with Crippen molar-refractivity contribution >= 4 is 28.3 Å². The van der Waals surface area contributed by atoms with Crippen molar-refractivity contribution in [3.8, 4) is 0 Å². The maximum absolute atomic E-state index is 12.5. The Morgan fingerprint density at radius 1 is 1.18 bits per heavy atom. The van der Waals surface area contributed by atoms with Gasteiger partial charge >= 0.3 is 0 Å². The lowest BCUT2D eigenvalue weighted by molar-refractivity contribution is 0.0940. The lowest BCUT2D eigenvalue weighted by atomic mass is 10.1. The van der Waals surface area contributed by atoms with Gasteiger partial charge in [0.05, 0.1) is 6.04 Å². The molecule has 0 saturated carbocycles. The number of hydrogen-bond donors (Lipinski definition) is 1. The van der Waals surface area contributed by atoms with Gasteiger partial charge < -0.3 is 9.73 Å². The summed E-state index contributed by atoms with van der Waals surface area (Å²) < 4.78 is 5.83. The molecular formula is C22H21N3O2S. The van der Waals surface area contributed by atoms with Crippen LogP contribution in [0.1, 0.15) is 46.2 Å². The van der Waals surface area contributed by atoms with Crippen molar-refractivity contribution < 1.29 is 9.21 Å². The van der Waals surface area contributed by atoms with Crippen molar-refractivity contribution in [3.63, 3.8) is 0 Å². The van der Waals surface area contributed by atoms with Gasteiger partial charge in [-0.05, 0) is 43.5 Å². The van der Waals surface area contributed by atoms with Crippen LogP contribution >= 0.6 is 11.3 Å². The first-order valence-electron chi connectivity index (χ1n) is 9.33. The van der Waals surface area contributed by atoms with E-state index in [1.807, 2.05) is 24.4 Å². The van der Waals surface area contributed by atoms with Gasteiger partial charge in [-0.15, -0.1) is 11.3 Å². The van der Waals surface area contributed by atoms with Crippen molar-refractivity contribution in [2.75, 3.05) is 0 Å². The number of hydrogen-bond acceptors (Lipinski definition) is 5. The number of fused-ring (bicyclic) bond motifs is 1. The van der Waals surface area contributed by atoms with Crippen molar-refractivity contribution in [1.82, 2.24) is 15.3 Å². The fraction of sp³-hybridized carbons (Fsp3) is 0.227. The number of nitrogens with zero attached hydrogens (tertiary/aromatic N) is 2. The maximum Gasteiger partial charge on any atom is 0.251 e. The van der Waals surface area contributed by atoms with Gasteiger partial charge in [-0.3, -0.25) is 4.79 Å². The number of amides is 1. The molecule has 1 N–H and O–H groups in total. The van der Waals surface area contributed by atoms with Crippen molar-refractivity contribution in [2.24, 2.45) is 0 Å². The number of carbonyl (C=O) groups is 1. The minimum atomic E-state index is -0.141. The summed E-state index contributed by atoms with van der Waals surface area (Å²) in [7, 11) is 0. The van der Waals surface area contributed by atoms with E-state index < -0.39 is 0 Å². The van der Waals surface area contributed by atoms with Gasteiger partial charge in [0, 0.05) is 23.6 Å². The number of aromatic nitrogens is 2. The predicted octanol–water partition coefficient (Wildman–Crippen LogP) is 4.95. The Bertz CT molecular complexity index is 1060. The molecule has 0 radical (unpaired) electrons. The molecular weight excluding hydrogens is 370 g/mol. The molecule has 4 aromatic rings. The number of oxazole rings is 1. The van der Waals surface area contributed by atoms with E-state index >= 15 is 0 Å². The molecule has 0 fully saturated rings. The average molecular weight is 391 g/mol. The zero-order chi connectivity index (χ0) is 19.3. The van der Waals surface area contributed by atoms with Crippen LogP contribution in [0.3, 0.4) is 0 Å². The summed E-state index contributed by atoms with van der Waals surface area (Å²) in [6, 6.07) is 15.6. The lowest BCUT2D eigenvalue weighted by Crippen LogP contribution is -2.26. The van der Waals surface area contributed by atoms with Gasteiger partial charge in [0.25, 0.3) is 5.91 Å². The predicted molar refractivity (Wildman–Crippen MR) is 110 cm³/mol. The number of aryl methyl sites for hydroxylation is 2. The molecule has 142 valence electrons. The van der Waals surface area contributed by atoms with Crippen LogP contribution in [0, 0.1) is 0 Å². The molecule has 0 aliphatic heterocycles. The summed E-state index contributed by atoms with van der Waals surface area (Å²) in [4.78, 5) is 21.3. The third kappa shape index (κ3) is 4.28. The normalized spacial score (nSPS) is 12.2. The summed E-state index contributed by atoms with van der Waals surface area (Å²) in [5.74, 6) is 0.567. The monoisotopic (exact) mass is 391 g/mol. The van der Waals surface area contributed by atoms with Crippen LogP contribution in [-0.4, -0.2) is 15.9 Å². The Kier molecular flexibility index (Phi) is 5.48. The first kappa shape index (κ1) is 18.4. The van der Waals surface area contributed by atoms with Gasteiger partial charge in [-0.25, -0.2) is 9.97 Å². The largest absolute Gasteiger partial charge is 0.441 e. The van der Waals surface area contributed by atoms with Gasteiger partial charge in [0.15, 0.2) is 11.5 Å². The fourth-order valence-electron chi connectivity index (χ4n) is 3.10.